The topological polar surface area (TPSA) is 67.2 Å². The van der Waals surface area contributed by atoms with Crippen molar-refractivity contribution in [2.45, 2.75) is 40.0 Å². The van der Waals surface area contributed by atoms with Crippen LogP contribution in [0.15, 0.2) is 65.1 Å². The Labute approximate surface area is 199 Å². The van der Waals surface area contributed by atoms with Crippen molar-refractivity contribution in [2.75, 3.05) is 5.32 Å². The second-order valence-electron chi connectivity index (χ2n) is 8.36. The molecule has 0 saturated heterocycles. The smallest absolute Gasteiger partial charge is 0.257 e. The van der Waals surface area contributed by atoms with E-state index in [2.05, 4.69) is 41.6 Å². The maximum atomic E-state index is 12.6. The molecule has 0 aliphatic heterocycles. The summed E-state index contributed by atoms with van der Waals surface area (Å²) >= 11 is 5.36. The predicted octanol–water partition coefficient (Wildman–Crippen LogP) is 6.75. The normalized spacial score (nSPS) is 11.9. The van der Waals surface area contributed by atoms with Crippen LogP contribution < -0.4 is 10.6 Å². The Morgan fingerprint density at radius 2 is 1.91 bits per heavy atom. The van der Waals surface area contributed by atoms with Crippen LogP contribution in [0.1, 0.15) is 53.2 Å². The molecule has 2 N–H and O–H groups in total. The van der Waals surface area contributed by atoms with Crippen molar-refractivity contribution in [1.82, 2.24) is 10.3 Å². The fourth-order valence-corrected chi connectivity index (χ4v) is 3.95. The molecule has 0 unspecified atom stereocenters. The van der Waals surface area contributed by atoms with Crippen LogP contribution in [-0.2, 0) is 0 Å². The lowest BCUT2D eigenvalue weighted by molar-refractivity contribution is 0.0977. The molecule has 0 aliphatic carbocycles. The molecular weight excluding hydrogens is 430 g/mol. The van der Waals surface area contributed by atoms with Gasteiger partial charge in [-0.15, -0.1) is 0 Å². The zero-order valence-electron chi connectivity index (χ0n) is 19.2. The van der Waals surface area contributed by atoms with E-state index in [-0.39, 0.29) is 11.0 Å². The van der Waals surface area contributed by atoms with E-state index in [1.54, 1.807) is 0 Å². The van der Waals surface area contributed by atoms with Crippen LogP contribution in [0.5, 0.6) is 0 Å². The fourth-order valence-electron chi connectivity index (χ4n) is 3.74. The van der Waals surface area contributed by atoms with Crippen molar-refractivity contribution in [3.63, 3.8) is 0 Å². The first-order valence-corrected chi connectivity index (χ1v) is 11.5. The van der Waals surface area contributed by atoms with Gasteiger partial charge < -0.3 is 9.73 Å². The number of amides is 1. The molecule has 0 fully saturated rings. The number of rotatable bonds is 5. The largest absolute Gasteiger partial charge is 0.436 e. The Morgan fingerprint density at radius 1 is 1.09 bits per heavy atom. The van der Waals surface area contributed by atoms with E-state index in [4.69, 9.17) is 16.6 Å². The summed E-state index contributed by atoms with van der Waals surface area (Å²) in [6.45, 7) is 8.29. The van der Waals surface area contributed by atoms with E-state index in [1.807, 2.05) is 62.4 Å². The molecule has 0 aliphatic rings. The molecule has 0 bridgehead atoms. The Balaban J connectivity index is 1.49. The number of anilines is 1. The molecular formula is C27H27N3O2S. The lowest BCUT2D eigenvalue weighted by Gasteiger charge is -2.11. The number of carbonyl (C=O) groups is 1. The molecule has 4 aromatic rings. The number of thiocarbonyl (C=S) groups is 1. The number of nitrogens with zero attached hydrogens (tertiary/aromatic N) is 1. The van der Waals surface area contributed by atoms with Gasteiger partial charge in [-0.2, -0.15) is 0 Å². The number of oxazole rings is 1. The van der Waals surface area contributed by atoms with Crippen LogP contribution in [0.2, 0.25) is 0 Å². The van der Waals surface area contributed by atoms with Crippen molar-refractivity contribution in [3.05, 3.63) is 82.9 Å². The molecule has 3 aromatic carbocycles. The third-order valence-corrected chi connectivity index (χ3v) is 6.02. The second-order valence-corrected chi connectivity index (χ2v) is 8.77. The zero-order chi connectivity index (χ0) is 23.5. The number of aryl methyl sites for hydroxylation is 2. The molecule has 5 nitrogen and oxygen atoms in total. The minimum Gasteiger partial charge on any atom is -0.436 e. The highest BCUT2D eigenvalue weighted by Crippen LogP contribution is 2.29. The maximum Gasteiger partial charge on any atom is 0.257 e. The summed E-state index contributed by atoms with van der Waals surface area (Å²) in [6.07, 6.45) is 1.07. The van der Waals surface area contributed by atoms with E-state index in [0.717, 1.165) is 39.9 Å². The number of hydrogen-bond donors (Lipinski definition) is 2. The number of nitrogens with one attached hydrogen (secondary N) is 2. The molecule has 1 atom stereocenters. The van der Waals surface area contributed by atoms with Gasteiger partial charge in [0.15, 0.2) is 10.7 Å². The number of fused-ring (bicyclic) bond motifs is 1. The Kier molecular flexibility index (Phi) is 6.56. The van der Waals surface area contributed by atoms with E-state index in [1.165, 1.54) is 5.56 Å². The lowest BCUT2D eigenvalue weighted by atomic mass is 9.98. The summed E-state index contributed by atoms with van der Waals surface area (Å²) < 4.78 is 5.99. The van der Waals surface area contributed by atoms with Gasteiger partial charge in [0.25, 0.3) is 5.91 Å². The van der Waals surface area contributed by atoms with Gasteiger partial charge in [-0.25, -0.2) is 4.98 Å². The highest BCUT2D eigenvalue weighted by molar-refractivity contribution is 7.80. The van der Waals surface area contributed by atoms with Gasteiger partial charge in [0.2, 0.25) is 5.89 Å². The average Bonchev–Trinajstić information content (AvgIpc) is 3.22. The average molecular weight is 458 g/mol. The van der Waals surface area contributed by atoms with Crippen molar-refractivity contribution < 1.29 is 9.21 Å². The molecule has 33 heavy (non-hydrogen) atoms. The van der Waals surface area contributed by atoms with Crippen molar-refractivity contribution >= 4 is 40.0 Å². The first-order valence-electron chi connectivity index (χ1n) is 11.0. The monoisotopic (exact) mass is 457 g/mol. The van der Waals surface area contributed by atoms with E-state index in [9.17, 15) is 4.79 Å². The second kappa shape index (κ2) is 9.55. The van der Waals surface area contributed by atoms with Gasteiger partial charge in [-0.05, 0) is 85.9 Å². The molecule has 0 spiro atoms. The molecule has 1 aromatic heterocycles. The number of hydrogen-bond acceptors (Lipinski definition) is 4. The first-order chi connectivity index (χ1) is 15.8. The van der Waals surface area contributed by atoms with Crippen LogP contribution in [0.3, 0.4) is 0 Å². The number of benzene rings is 3. The van der Waals surface area contributed by atoms with Crippen molar-refractivity contribution in [3.8, 4) is 11.5 Å². The standard InChI is InChI=1S/C27H27N3O2S/c1-5-17(3)19-10-12-24-23(15-19)29-26(32-24)20-7-6-8-21(14-20)28-27(33)30-25(31)22-11-9-16(2)13-18(22)4/h6-15,17H,5H2,1-4H3,(H2,28,30,31,33)/t17-/m0/s1. The fraction of sp³-hybridized carbons (Fsp3) is 0.222. The summed E-state index contributed by atoms with van der Waals surface area (Å²) in [5, 5.41) is 6.06. The predicted molar refractivity (Wildman–Crippen MR) is 138 cm³/mol. The molecule has 1 amide bonds. The van der Waals surface area contributed by atoms with Crippen molar-refractivity contribution in [2.24, 2.45) is 0 Å². The van der Waals surface area contributed by atoms with Crippen LogP contribution in [0, 0.1) is 13.8 Å². The molecule has 6 heteroatoms. The number of carbonyl (C=O) groups excluding carboxylic acids is 1. The molecule has 168 valence electrons. The van der Waals surface area contributed by atoms with E-state index >= 15 is 0 Å². The van der Waals surface area contributed by atoms with Crippen LogP contribution >= 0.6 is 12.2 Å². The summed E-state index contributed by atoms with van der Waals surface area (Å²) in [6, 6.07) is 19.5. The van der Waals surface area contributed by atoms with Gasteiger partial charge in [0.05, 0.1) is 0 Å². The minimum atomic E-state index is -0.239. The molecule has 0 radical (unpaired) electrons. The van der Waals surface area contributed by atoms with E-state index < -0.39 is 0 Å². The van der Waals surface area contributed by atoms with Crippen LogP contribution in [0.4, 0.5) is 5.69 Å². The van der Waals surface area contributed by atoms with E-state index in [0.29, 0.717) is 17.4 Å². The molecule has 4 rings (SSSR count). The highest BCUT2D eigenvalue weighted by atomic mass is 32.1. The third kappa shape index (κ3) is 5.12. The third-order valence-electron chi connectivity index (χ3n) is 5.81. The van der Waals surface area contributed by atoms with Gasteiger partial charge in [0.1, 0.15) is 5.52 Å². The summed E-state index contributed by atoms with van der Waals surface area (Å²) in [4.78, 5) is 17.3. The molecule has 1 heterocycles. The Hall–Kier alpha value is -3.51. The molecule has 0 saturated carbocycles. The quantitative estimate of drug-likeness (QED) is 0.324. The summed E-state index contributed by atoms with van der Waals surface area (Å²) in [7, 11) is 0. The minimum absolute atomic E-state index is 0.230. The zero-order valence-corrected chi connectivity index (χ0v) is 20.0. The Morgan fingerprint density at radius 3 is 2.67 bits per heavy atom. The van der Waals surface area contributed by atoms with Gasteiger partial charge >= 0.3 is 0 Å². The first kappa shape index (κ1) is 22.7. The van der Waals surface area contributed by atoms with Gasteiger partial charge in [-0.1, -0.05) is 43.7 Å². The summed E-state index contributed by atoms with van der Waals surface area (Å²) in [5.74, 6) is 0.777. The van der Waals surface area contributed by atoms with Crippen LogP contribution in [0.25, 0.3) is 22.6 Å². The van der Waals surface area contributed by atoms with Gasteiger partial charge in [0, 0.05) is 16.8 Å². The lowest BCUT2D eigenvalue weighted by Crippen LogP contribution is -2.34. The SMILES string of the molecule is CC[C@H](C)c1ccc2oc(-c3cccc(NC(=S)NC(=O)c4ccc(C)cc4C)c3)nc2c1. The summed E-state index contributed by atoms with van der Waals surface area (Å²) in [5.41, 5.74) is 7.03. The van der Waals surface area contributed by atoms with Crippen LogP contribution in [-0.4, -0.2) is 16.0 Å². The number of aromatic nitrogens is 1. The highest BCUT2D eigenvalue weighted by Gasteiger charge is 2.13. The van der Waals surface area contributed by atoms with Gasteiger partial charge in [-0.3, -0.25) is 10.1 Å². The Bertz CT molecular complexity index is 1340. The maximum absolute atomic E-state index is 12.6. The van der Waals surface area contributed by atoms with Crippen molar-refractivity contribution in [1.29, 1.82) is 0 Å².